The monoisotopic (exact) mass is 360 g/mol. The fourth-order valence-electron chi connectivity index (χ4n) is 2.29. The Balaban J connectivity index is 2.05. The van der Waals surface area contributed by atoms with E-state index in [9.17, 15) is 0 Å². The van der Waals surface area contributed by atoms with E-state index in [1.54, 1.807) is 0 Å². The average Bonchev–Trinajstić information content (AvgIpc) is 2.38. The Morgan fingerprint density at radius 3 is 2.67 bits per heavy atom. The molecule has 0 aliphatic carbocycles. The second kappa shape index (κ2) is 6.65. The lowest BCUT2D eigenvalue weighted by atomic mass is 10.0. The average molecular weight is 360 g/mol. The molecule has 2 rings (SSSR count). The van der Waals surface area contributed by atoms with Crippen LogP contribution in [0.25, 0.3) is 0 Å². The Labute approximate surface area is 123 Å². The van der Waals surface area contributed by atoms with Crippen LogP contribution in [0.5, 0.6) is 0 Å². The van der Waals surface area contributed by atoms with Crippen molar-refractivity contribution in [1.82, 2.24) is 15.3 Å². The van der Waals surface area contributed by atoms with Crippen molar-refractivity contribution in [2.75, 3.05) is 18.0 Å². The molecular formula is C13H21IN4. The predicted octanol–water partition coefficient (Wildman–Crippen LogP) is 2.44. The van der Waals surface area contributed by atoms with Crippen molar-refractivity contribution in [2.24, 2.45) is 0 Å². The fraction of sp³-hybridized carbons (Fsp3) is 0.692. The van der Waals surface area contributed by atoms with Crippen LogP contribution in [0, 0.1) is 3.57 Å². The molecule has 2 heterocycles. The van der Waals surface area contributed by atoms with Gasteiger partial charge in [0.1, 0.15) is 0 Å². The summed E-state index contributed by atoms with van der Waals surface area (Å²) in [5.41, 5.74) is 0. The Morgan fingerprint density at radius 2 is 2.11 bits per heavy atom. The molecule has 1 aromatic rings. The molecule has 100 valence electrons. The standard InChI is InChI=1S/C13H21IN4/c1-10(2)18(9-12-5-3-4-6-15-12)13-16-7-11(14)8-17-13/h7-8,10,12,15H,3-6,9H2,1-2H3. The van der Waals surface area contributed by atoms with E-state index in [0.29, 0.717) is 12.1 Å². The lowest BCUT2D eigenvalue weighted by Crippen LogP contribution is -2.46. The zero-order chi connectivity index (χ0) is 13.0. The molecule has 5 heteroatoms. The van der Waals surface area contributed by atoms with Gasteiger partial charge in [-0.1, -0.05) is 6.42 Å². The molecule has 0 saturated carbocycles. The summed E-state index contributed by atoms with van der Waals surface area (Å²) in [6.07, 6.45) is 7.65. The van der Waals surface area contributed by atoms with Gasteiger partial charge in [-0.3, -0.25) is 0 Å². The maximum atomic E-state index is 4.44. The molecule has 4 nitrogen and oxygen atoms in total. The van der Waals surface area contributed by atoms with Crippen molar-refractivity contribution in [3.05, 3.63) is 16.0 Å². The molecule has 1 fully saturated rings. The molecule has 1 atom stereocenters. The molecule has 0 radical (unpaired) electrons. The zero-order valence-electron chi connectivity index (χ0n) is 11.1. The molecule has 18 heavy (non-hydrogen) atoms. The van der Waals surface area contributed by atoms with Gasteiger partial charge in [-0.15, -0.1) is 0 Å². The molecular weight excluding hydrogens is 339 g/mol. The Bertz CT molecular complexity index is 360. The largest absolute Gasteiger partial charge is 0.337 e. The van der Waals surface area contributed by atoms with Gasteiger partial charge < -0.3 is 10.2 Å². The summed E-state index contributed by atoms with van der Waals surface area (Å²) in [6.45, 7) is 6.54. The summed E-state index contributed by atoms with van der Waals surface area (Å²) < 4.78 is 1.08. The minimum absolute atomic E-state index is 0.425. The van der Waals surface area contributed by atoms with Crippen LogP contribution in [0.2, 0.25) is 0 Å². The van der Waals surface area contributed by atoms with Crippen LogP contribution in [0.3, 0.4) is 0 Å². The number of hydrogen-bond donors (Lipinski definition) is 1. The van der Waals surface area contributed by atoms with E-state index < -0.39 is 0 Å². The molecule has 1 aliphatic heterocycles. The highest BCUT2D eigenvalue weighted by Gasteiger charge is 2.20. The van der Waals surface area contributed by atoms with E-state index in [-0.39, 0.29) is 0 Å². The van der Waals surface area contributed by atoms with Crippen LogP contribution in [0.15, 0.2) is 12.4 Å². The van der Waals surface area contributed by atoms with Crippen molar-refractivity contribution >= 4 is 28.5 Å². The second-order valence-electron chi connectivity index (χ2n) is 5.09. The zero-order valence-corrected chi connectivity index (χ0v) is 13.2. The normalized spacial score (nSPS) is 20.1. The molecule has 1 unspecified atom stereocenters. The topological polar surface area (TPSA) is 41.0 Å². The van der Waals surface area contributed by atoms with Crippen LogP contribution in [0.4, 0.5) is 5.95 Å². The molecule has 1 N–H and O–H groups in total. The van der Waals surface area contributed by atoms with Gasteiger partial charge in [-0.05, 0) is 55.8 Å². The Hall–Kier alpha value is -0.430. The first-order valence-corrected chi connectivity index (χ1v) is 7.72. The van der Waals surface area contributed by atoms with Gasteiger partial charge in [-0.25, -0.2) is 9.97 Å². The summed E-state index contributed by atoms with van der Waals surface area (Å²) in [4.78, 5) is 11.2. The summed E-state index contributed by atoms with van der Waals surface area (Å²) in [5.74, 6) is 0.845. The van der Waals surface area contributed by atoms with Crippen molar-refractivity contribution in [3.63, 3.8) is 0 Å². The minimum Gasteiger partial charge on any atom is -0.337 e. The summed E-state index contributed by atoms with van der Waals surface area (Å²) >= 11 is 2.24. The SMILES string of the molecule is CC(C)N(CC1CCCCN1)c1ncc(I)cn1. The molecule has 0 spiro atoms. The van der Waals surface area contributed by atoms with Crippen LogP contribution in [-0.4, -0.2) is 35.1 Å². The van der Waals surface area contributed by atoms with Gasteiger partial charge in [0, 0.05) is 34.6 Å². The van der Waals surface area contributed by atoms with Gasteiger partial charge in [0.15, 0.2) is 0 Å². The highest BCUT2D eigenvalue weighted by molar-refractivity contribution is 14.1. The second-order valence-corrected chi connectivity index (χ2v) is 6.34. The molecule has 1 saturated heterocycles. The van der Waals surface area contributed by atoms with E-state index >= 15 is 0 Å². The Morgan fingerprint density at radius 1 is 1.39 bits per heavy atom. The van der Waals surface area contributed by atoms with Gasteiger partial charge in [0.2, 0.25) is 5.95 Å². The number of aromatic nitrogens is 2. The third-order valence-electron chi connectivity index (χ3n) is 3.32. The fourth-order valence-corrected chi connectivity index (χ4v) is 2.57. The van der Waals surface area contributed by atoms with Crippen molar-refractivity contribution < 1.29 is 0 Å². The third-order valence-corrected chi connectivity index (χ3v) is 3.87. The maximum absolute atomic E-state index is 4.44. The van der Waals surface area contributed by atoms with Gasteiger partial charge in [0.25, 0.3) is 0 Å². The summed E-state index contributed by atoms with van der Waals surface area (Å²) in [5, 5.41) is 3.59. The molecule has 1 aliphatic rings. The third kappa shape index (κ3) is 3.78. The Kier molecular flexibility index (Phi) is 5.17. The lowest BCUT2D eigenvalue weighted by molar-refractivity contribution is 0.391. The molecule has 0 amide bonds. The first-order chi connectivity index (χ1) is 8.66. The smallest absolute Gasteiger partial charge is 0.225 e. The number of halogens is 1. The molecule has 1 aromatic heterocycles. The van der Waals surface area contributed by atoms with Crippen molar-refractivity contribution in [2.45, 2.75) is 45.2 Å². The van der Waals surface area contributed by atoms with Gasteiger partial charge in [0.05, 0.1) is 0 Å². The maximum Gasteiger partial charge on any atom is 0.225 e. The number of nitrogens with zero attached hydrogens (tertiary/aromatic N) is 3. The lowest BCUT2D eigenvalue weighted by Gasteiger charge is -2.33. The van der Waals surface area contributed by atoms with E-state index in [1.807, 2.05) is 12.4 Å². The minimum atomic E-state index is 0.425. The van der Waals surface area contributed by atoms with Crippen LogP contribution < -0.4 is 10.2 Å². The van der Waals surface area contributed by atoms with Crippen LogP contribution >= 0.6 is 22.6 Å². The van der Waals surface area contributed by atoms with Gasteiger partial charge in [-0.2, -0.15) is 0 Å². The van der Waals surface area contributed by atoms with Gasteiger partial charge >= 0.3 is 0 Å². The van der Waals surface area contributed by atoms with E-state index in [2.05, 4.69) is 56.6 Å². The van der Waals surface area contributed by atoms with Crippen molar-refractivity contribution in [1.29, 1.82) is 0 Å². The number of anilines is 1. The quantitative estimate of drug-likeness (QED) is 0.838. The summed E-state index contributed by atoms with van der Waals surface area (Å²) in [6, 6.07) is 0.998. The van der Waals surface area contributed by atoms with E-state index in [0.717, 1.165) is 22.6 Å². The first kappa shape index (κ1) is 14.0. The number of piperidine rings is 1. The first-order valence-electron chi connectivity index (χ1n) is 6.64. The van der Waals surface area contributed by atoms with Crippen LogP contribution in [-0.2, 0) is 0 Å². The highest BCUT2D eigenvalue weighted by atomic mass is 127. The number of nitrogens with one attached hydrogen (secondary N) is 1. The number of rotatable bonds is 4. The predicted molar refractivity (Wildman–Crippen MR) is 82.9 cm³/mol. The molecule has 0 bridgehead atoms. The van der Waals surface area contributed by atoms with E-state index in [1.165, 1.54) is 19.3 Å². The summed E-state index contributed by atoms with van der Waals surface area (Å²) in [7, 11) is 0. The highest BCUT2D eigenvalue weighted by Crippen LogP contribution is 2.15. The van der Waals surface area contributed by atoms with Crippen molar-refractivity contribution in [3.8, 4) is 0 Å². The molecule has 0 aromatic carbocycles. The number of hydrogen-bond acceptors (Lipinski definition) is 4. The van der Waals surface area contributed by atoms with Crippen LogP contribution in [0.1, 0.15) is 33.1 Å². The van der Waals surface area contributed by atoms with E-state index in [4.69, 9.17) is 0 Å².